The Morgan fingerprint density at radius 3 is 1.63 bits per heavy atom. The standard InChI is InChI=1S/C12H21NOS2.C6H15P.3CO.Cr/c1-5-14-10(9-13-12(2,3)4)11-15-7-6-8-16-11;1-4-7(5-2)6-3;3*1-2;/h13H,5-8H2,1-4H3;4-6H2,1-3H3;;;;. The van der Waals surface area contributed by atoms with Crippen molar-refractivity contribution in [1.29, 1.82) is 0 Å². The van der Waals surface area contributed by atoms with Gasteiger partial charge < -0.3 is 0 Å². The summed E-state index contributed by atoms with van der Waals surface area (Å²) in [5.74, 6) is 3.39. The first-order valence-electron chi connectivity index (χ1n) is 9.57. The molecule has 0 amide bonds. The molecule has 30 heavy (non-hydrogen) atoms. The quantitative estimate of drug-likeness (QED) is 0.210. The Hall–Kier alpha value is 0.252. The van der Waals surface area contributed by atoms with Crippen LogP contribution >= 0.6 is 31.4 Å². The fourth-order valence-electron chi connectivity index (χ4n) is 1.99. The van der Waals surface area contributed by atoms with Gasteiger partial charge in [-0.25, -0.2) is 0 Å². The van der Waals surface area contributed by atoms with E-state index in [0.717, 1.165) is 10.3 Å². The summed E-state index contributed by atoms with van der Waals surface area (Å²) in [5, 5.41) is 3.45. The number of ether oxygens (including phenoxy) is 1. The summed E-state index contributed by atoms with van der Waals surface area (Å²) < 4.78 is 30.6. The molecule has 1 fully saturated rings. The maximum atomic E-state index is 7.50. The monoisotopic (exact) mass is 513 g/mol. The van der Waals surface area contributed by atoms with E-state index < -0.39 is 0 Å². The molecule has 0 aromatic heterocycles. The zero-order chi connectivity index (χ0) is 24.6. The zero-order valence-corrected chi connectivity index (χ0v) is 23.1. The predicted octanol–water partition coefficient (Wildman–Crippen LogP) is 5.54. The Labute approximate surface area is 202 Å². The second-order valence-corrected chi connectivity index (χ2v) is 12.8. The molecule has 1 saturated heterocycles. The van der Waals surface area contributed by atoms with E-state index in [0.29, 0.717) is 14.5 Å². The van der Waals surface area contributed by atoms with Crippen LogP contribution in [0.2, 0.25) is 0 Å². The minimum absolute atomic E-state index is 0.0491. The van der Waals surface area contributed by atoms with Gasteiger partial charge in [-0.05, 0) is 18.5 Å². The van der Waals surface area contributed by atoms with Crippen molar-refractivity contribution in [2.24, 2.45) is 0 Å². The molecule has 0 unspecified atom stereocenters. The van der Waals surface area contributed by atoms with Gasteiger partial charge in [-0.1, -0.05) is 20.8 Å². The Morgan fingerprint density at radius 2 is 1.37 bits per heavy atom. The molecule has 0 aromatic rings. The first-order chi connectivity index (χ1) is 14.3. The number of hydrogen-bond donors (Lipinski definition) is 1. The molecule has 0 aromatic carbocycles. The van der Waals surface area contributed by atoms with Gasteiger partial charge in [-0.15, -0.1) is 7.92 Å². The second-order valence-electron chi connectivity index (χ2n) is 6.42. The van der Waals surface area contributed by atoms with Gasteiger partial charge in [-0.3, -0.25) is 0 Å². The molecule has 1 heterocycles. The number of nitrogens with one attached hydrogen (secondary N) is 1. The van der Waals surface area contributed by atoms with Crippen LogP contribution in [0.3, 0.4) is 0 Å². The van der Waals surface area contributed by atoms with Crippen LogP contribution in [0.25, 0.3) is 0 Å². The normalized spacial score (nSPS) is 12.1. The Morgan fingerprint density at radius 1 is 0.967 bits per heavy atom. The van der Waals surface area contributed by atoms with E-state index in [1.165, 1.54) is 40.6 Å². The van der Waals surface area contributed by atoms with Gasteiger partial charge in [0.2, 0.25) is 0 Å². The van der Waals surface area contributed by atoms with Crippen LogP contribution in [-0.2, 0) is 34.5 Å². The molecule has 1 aliphatic rings. The molecule has 0 aliphatic carbocycles. The van der Waals surface area contributed by atoms with E-state index in [1.807, 2.05) is 30.4 Å². The third-order valence-corrected chi connectivity index (χ3v) is 8.99. The minimum atomic E-state index is 0.0491. The molecule has 5 nitrogen and oxygen atoms in total. The summed E-state index contributed by atoms with van der Waals surface area (Å²) >= 11 is 6.92. The molecule has 1 N–H and O–H groups in total. The van der Waals surface area contributed by atoms with Gasteiger partial charge in [-0.2, -0.15) is 0 Å². The second kappa shape index (κ2) is 27.3. The first kappa shape index (κ1) is 37.6. The number of hydrogen-bond acceptors (Lipinski definition) is 4. The van der Waals surface area contributed by atoms with Gasteiger partial charge in [0.15, 0.2) is 0 Å². The average molecular weight is 514 g/mol. The maximum absolute atomic E-state index is 7.50. The summed E-state index contributed by atoms with van der Waals surface area (Å²) in [6.07, 6.45) is 5.54. The molecular formula is C21H36CrNO4PS2. The Kier molecular flexibility index (Phi) is 34.2. The third kappa shape index (κ3) is 22.9. The van der Waals surface area contributed by atoms with Gasteiger partial charge >= 0.3 is 156 Å². The molecule has 0 atom stereocenters. The van der Waals surface area contributed by atoms with E-state index in [1.54, 1.807) is 0 Å². The van der Waals surface area contributed by atoms with E-state index >= 15 is 0 Å². The SMILES string of the molecule is CCOC([C](=[Cr])NC(C)(C)C)=C1SCCCS1.CCP(CC)CC.[C-]#[O+].[C-]#[O+].[C-]#[O+]. The van der Waals surface area contributed by atoms with Crippen LogP contribution in [-0.4, -0.2) is 46.6 Å². The molecule has 1 aliphatic heterocycles. The van der Waals surface area contributed by atoms with Crippen molar-refractivity contribution in [1.82, 2.24) is 5.32 Å². The molecule has 0 saturated carbocycles. The van der Waals surface area contributed by atoms with Crippen LogP contribution in [0.1, 0.15) is 54.9 Å². The van der Waals surface area contributed by atoms with Gasteiger partial charge in [0, 0.05) is 0 Å². The summed E-state index contributed by atoms with van der Waals surface area (Å²) in [7, 11) is 0.446. The van der Waals surface area contributed by atoms with E-state index in [4.69, 9.17) is 18.7 Å². The van der Waals surface area contributed by atoms with Crippen LogP contribution in [0.15, 0.2) is 10.00 Å². The molecule has 172 valence electrons. The van der Waals surface area contributed by atoms with Crippen molar-refractivity contribution in [3.8, 4) is 0 Å². The predicted molar refractivity (Wildman–Crippen MR) is 126 cm³/mol. The van der Waals surface area contributed by atoms with Crippen molar-refractivity contribution in [2.75, 3.05) is 36.6 Å². The van der Waals surface area contributed by atoms with Crippen LogP contribution in [0.5, 0.6) is 0 Å². The Bertz CT molecular complexity index is 486. The van der Waals surface area contributed by atoms with Crippen LogP contribution in [0.4, 0.5) is 0 Å². The van der Waals surface area contributed by atoms with Crippen molar-refractivity contribution in [3.05, 3.63) is 29.9 Å². The van der Waals surface area contributed by atoms with Crippen molar-refractivity contribution >= 4 is 35.9 Å². The number of rotatable bonds is 7. The first-order valence-corrected chi connectivity index (χ1v) is 14.1. The van der Waals surface area contributed by atoms with Crippen LogP contribution < -0.4 is 5.32 Å². The summed E-state index contributed by atoms with van der Waals surface area (Å²) in [5.41, 5.74) is 0.0491. The summed E-state index contributed by atoms with van der Waals surface area (Å²) in [6.45, 7) is 29.6. The van der Waals surface area contributed by atoms with Crippen LogP contribution in [0, 0.1) is 20.0 Å². The van der Waals surface area contributed by atoms with Crippen molar-refractivity contribution in [3.63, 3.8) is 0 Å². The number of thioether (sulfide) groups is 2. The molecular weight excluding hydrogens is 477 g/mol. The van der Waals surface area contributed by atoms with Gasteiger partial charge in [0.1, 0.15) is 0 Å². The van der Waals surface area contributed by atoms with Gasteiger partial charge in [0.05, 0.1) is 0 Å². The average Bonchev–Trinajstić information content (AvgIpc) is 2.77. The summed E-state index contributed by atoms with van der Waals surface area (Å²) in [4.78, 5) is 0. The molecule has 1 rings (SSSR count). The van der Waals surface area contributed by atoms with E-state index in [-0.39, 0.29) is 5.54 Å². The summed E-state index contributed by atoms with van der Waals surface area (Å²) in [6, 6.07) is 0. The van der Waals surface area contributed by atoms with Gasteiger partial charge in [0.25, 0.3) is 0 Å². The third-order valence-electron chi connectivity index (χ3n) is 3.27. The fraction of sp³-hybridized carbons (Fsp3) is 0.714. The van der Waals surface area contributed by atoms with E-state index in [9.17, 15) is 0 Å². The van der Waals surface area contributed by atoms with Crippen molar-refractivity contribution in [2.45, 2.75) is 60.4 Å². The molecule has 0 bridgehead atoms. The fourth-order valence-corrected chi connectivity index (χ4v) is 6.82. The molecule has 0 radical (unpaired) electrons. The Balaban J connectivity index is -0.000000218. The van der Waals surface area contributed by atoms with E-state index in [2.05, 4.69) is 82.7 Å². The van der Waals surface area contributed by atoms with Crippen molar-refractivity contribution < 1.29 is 34.5 Å². The molecule has 0 spiro atoms. The topological polar surface area (TPSA) is 81.0 Å². The zero-order valence-electron chi connectivity index (χ0n) is 19.3. The molecule has 9 heteroatoms.